The Bertz CT molecular complexity index is 353. The molecular formula is C13H16O2. The molecule has 1 rings (SSSR count). The van der Waals surface area contributed by atoms with Gasteiger partial charge in [-0.25, -0.2) is 0 Å². The van der Waals surface area contributed by atoms with E-state index < -0.39 is 5.97 Å². The average Bonchev–Trinajstić information content (AvgIpc) is 2.18. The van der Waals surface area contributed by atoms with Crippen LogP contribution in [0.5, 0.6) is 0 Å². The molecule has 0 heterocycles. The normalized spacial score (nSPS) is 10.7. The van der Waals surface area contributed by atoms with Gasteiger partial charge in [0.2, 0.25) is 0 Å². The molecule has 2 nitrogen and oxygen atoms in total. The number of unbranched alkanes of at least 4 members (excludes halogenated alkanes) is 1. The van der Waals surface area contributed by atoms with Crippen LogP contribution >= 0.6 is 0 Å². The smallest absolute Gasteiger partial charge is 0.307 e. The number of carboxylic acid groups (broad SMARTS) is 1. The van der Waals surface area contributed by atoms with Crippen LogP contribution in [0, 0.1) is 0 Å². The van der Waals surface area contributed by atoms with Crippen molar-refractivity contribution >= 4 is 12.0 Å². The summed E-state index contributed by atoms with van der Waals surface area (Å²) in [4.78, 5) is 10.5. The highest BCUT2D eigenvalue weighted by molar-refractivity contribution is 5.70. The Labute approximate surface area is 90.3 Å². The Balaban J connectivity index is 2.69. The van der Waals surface area contributed by atoms with Gasteiger partial charge in [0.25, 0.3) is 0 Å². The molecule has 0 amide bonds. The molecule has 0 aliphatic carbocycles. The molecule has 0 spiro atoms. The maximum atomic E-state index is 10.5. The first-order valence-corrected chi connectivity index (χ1v) is 5.19. The van der Waals surface area contributed by atoms with Crippen LogP contribution in [0.2, 0.25) is 0 Å². The molecule has 1 aromatic carbocycles. The molecule has 0 saturated carbocycles. The zero-order chi connectivity index (χ0) is 11.1. The molecule has 2 heteroatoms. The SMILES string of the molecule is CCC/C=C/c1cccc(CC(=O)O)c1. The average molecular weight is 204 g/mol. The molecular weight excluding hydrogens is 188 g/mol. The van der Waals surface area contributed by atoms with E-state index in [-0.39, 0.29) is 6.42 Å². The molecule has 0 bridgehead atoms. The maximum absolute atomic E-state index is 10.5. The third-order valence-electron chi connectivity index (χ3n) is 2.07. The van der Waals surface area contributed by atoms with E-state index in [1.54, 1.807) is 0 Å². The number of hydrogen-bond donors (Lipinski definition) is 1. The molecule has 0 fully saturated rings. The monoisotopic (exact) mass is 204 g/mol. The number of hydrogen-bond acceptors (Lipinski definition) is 1. The van der Waals surface area contributed by atoms with Crippen molar-refractivity contribution in [1.82, 2.24) is 0 Å². The summed E-state index contributed by atoms with van der Waals surface area (Å²) in [5.41, 5.74) is 1.92. The van der Waals surface area contributed by atoms with Gasteiger partial charge in [-0.2, -0.15) is 0 Å². The molecule has 0 aliphatic rings. The number of carbonyl (C=O) groups is 1. The number of aliphatic carboxylic acids is 1. The van der Waals surface area contributed by atoms with E-state index >= 15 is 0 Å². The van der Waals surface area contributed by atoms with Gasteiger partial charge >= 0.3 is 5.97 Å². The van der Waals surface area contributed by atoms with Gasteiger partial charge in [0.05, 0.1) is 6.42 Å². The largest absolute Gasteiger partial charge is 0.481 e. The van der Waals surface area contributed by atoms with Crippen molar-refractivity contribution in [3.05, 3.63) is 41.5 Å². The van der Waals surface area contributed by atoms with Gasteiger partial charge < -0.3 is 5.11 Å². The van der Waals surface area contributed by atoms with E-state index in [9.17, 15) is 4.79 Å². The number of carboxylic acids is 1. The molecule has 0 aromatic heterocycles. The third kappa shape index (κ3) is 4.45. The molecule has 80 valence electrons. The number of allylic oxidation sites excluding steroid dienone is 1. The minimum Gasteiger partial charge on any atom is -0.481 e. The summed E-state index contributed by atoms with van der Waals surface area (Å²) in [6.45, 7) is 2.13. The predicted octanol–water partition coefficient (Wildman–Crippen LogP) is 3.13. The lowest BCUT2D eigenvalue weighted by Crippen LogP contribution is -1.99. The highest BCUT2D eigenvalue weighted by Gasteiger charge is 1.99. The Kier molecular flexibility index (Phi) is 4.61. The van der Waals surface area contributed by atoms with Gasteiger partial charge in [0.15, 0.2) is 0 Å². The van der Waals surface area contributed by atoms with Gasteiger partial charge in [-0.15, -0.1) is 0 Å². The maximum Gasteiger partial charge on any atom is 0.307 e. The van der Waals surface area contributed by atoms with Crippen LogP contribution in [0.4, 0.5) is 0 Å². The molecule has 0 unspecified atom stereocenters. The first-order valence-electron chi connectivity index (χ1n) is 5.19. The van der Waals surface area contributed by atoms with Crippen molar-refractivity contribution in [3.8, 4) is 0 Å². The fraction of sp³-hybridized carbons (Fsp3) is 0.308. The molecule has 0 aliphatic heterocycles. The zero-order valence-electron chi connectivity index (χ0n) is 8.94. The van der Waals surface area contributed by atoms with E-state index in [1.807, 2.05) is 30.3 Å². The summed E-state index contributed by atoms with van der Waals surface area (Å²) in [7, 11) is 0. The fourth-order valence-corrected chi connectivity index (χ4v) is 1.37. The lowest BCUT2D eigenvalue weighted by molar-refractivity contribution is -0.136. The lowest BCUT2D eigenvalue weighted by Gasteiger charge is -1.98. The molecule has 1 N–H and O–H groups in total. The minimum absolute atomic E-state index is 0.0927. The quantitative estimate of drug-likeness (QED) is 0.800. The standard InChI is InChI=1S/C13H16O2/c1-2-3-4-6-11-7-5-8-12(9-11)10-13(14)15/h4-9H,2-3,10H2,1H3,(H,14,15)/b6-4+. The van der Waals surface area contributed by atoms with E-state index in [1.165, 1.54) is 0 Å². The number of benzene rings is 1. The highest BCUT2D eigenvalue weighted by atomic mass is 16.4. The summed E-state index contributed by atoms with van der Waals surface area (Å²) in [5, 5.41) is 8.65. The molecule has 15 heavy (non-hydrogen) atoms. The van der Waals surface area contributed by atoms with Crippen LogP contribution in [0.3, 0.4) is 0 Å². The Morgan fingerprint density at radius 1 is 1.47 bits per heavy atom. The van der Waals surface area contributed by atoms with Crippen LogP contribution in [0.15, 0.2) is 30.3 Å². The van der Waals surface area contributed by atoms with Crippen molar-refractivity contribution < 1.29 is 9.90 Å². The van der Waals surface area contributed by atoms with E-state index in [0.717, 1.165) is 24.0 Å². The summed E-state index contributed by atoms with van der Waals surface area (Å²) < 4.78 is 0. The van der Waals surface area contributed by atoms with Gasteiger partial charge in [-0.3, -0.25) is 4.79 Å². The second kappa shape index (κ2) is 6.02. The van der Waals surface area contributed by atoms with E-state index in [2.05, 4.69) is 13.0 Å². The molecule has 0 saturated heterocycles. The minimum atomic E-state index is -0.787. The van der Waals surface area contributed by atoms with Crippen molar-refractivity contribution in [1.29, 1.82) is 0 Å². The van der Waals surface area contributed by atoms with Gasteiger partial charge in [-0.1, -0.05) is 49.8 Å². The van der Waals surface area contributed by atoms with Gasteiger partial charge in [0, 0.05) is 0 Å². The van der Waals surface area contributed by atoms with Crippen molar-refractivity contribution in [2.75, 3.05) is 0 Å². The summed E-state index contributed by atoms with van der Waals surface area (Å²) in [5.74, 6) is -0.787. The highest BCUT2D eigenvalue weighted by Crippen LogP contribution is 2.08. The second-order valence-electron chi connectivity index (χ2n) is 3.51. The van der Waals surface area contributed by atoms with Gasteiger partial charge in [0.1, 0.15) is 0 Å². The van der Waals surface area contributed by atoms with Crippen LogP contribution in [-0.4, -0.2) is 11.1 Å². The summed E-state index contributed by atoms with van der Waals surface area (Å²) >= 11 is 0. The van der Waals surface area contributed by atoms with E-state index in [4.69, 9.17) is 5.11 Å². The topological polar surface area (TPSA) is 37.3 Å². The summed E-state index contributed by atoms with van der Waals surface area (Å²) in [6.07, 6.45) is 6.43. The Morgan fingerprint density at radius 2 is 2.27 bits per heavy atom. The number of rotatable bonds is 5. The Morgan fingerprint density at radius 3 is 2.93 bits per heavy atom. The van der Waals surface area contributed by atoms with Gasteiger partial charge in [-0.05, 0) is 17.5 Å². The van der Waals surface area contributed by atoms with Crippen LogP contribution in [-0.2, 0) is 11.2 Å². The summed E-state index contributed by atoms with van der Waals surface area (Å²) in [6, 6.07) is 7.63. The van der Waals surface area contributed by atoms with E-state index in [0.29, 0.717) is 0 Å². The van der Waals surface area contributed by atoms with Crippen molar-refractivity contribution in [2.45, 2.75) is 26.2 Å². The predicted molar refractivity (Wildman–Crippen MR) is 61.7 cm³/mol. The van der Waals surface area contributed by atoms with Crippen LogP contribution < -0.4 is 0 Å². The fourth-order valence-electron chi connectivity index (χ4n) is 1.37. The Hall–Kier alpha value is -1.57. The molecule has 1 aromatic rings. The first-order chi connectivity index (χ1) is 7.22. The lowest BCUT2D eigenvalue weighted by atomic mass is 10.1. The second-order valence-corrected chi connectivity index (χ2v) is 3.51. The van der Waals surface area contributed by atoms with Crippen LogP contribution in [0.1, 0.15) is 30.9 Å². The van der Waals surface area contributed by atoms with Crippen LogP contribution in [0.25, 0.3) is 6.08 Å². The molecule has 0 radical (unpaired) electrons. The zero-order valence-corrected chi connectivity index (χ0v) is 8.94. The first kappa shape index (κ1) is 11.5. The van der Waals surface area contributed by atoms with Crippen molar-refractivity contribution in [2.24, 2.45) is 0 Å². The molecule has 0 atom stereocenters. The van der Waals surface area contributed by atoms with Crippen molar-refractivity contribution in [3.63, 3.8) is 0 Å². The third-order valence-corrected chi connectivity index (χ3v) is 2.07.